The summed E-state index contributed by atoms with van der Waals surface area (Å²) >= 11 is 13.4. The molecule has 6 heteroatoms. The Bertz CT molecular complexity index is 427. The number of aliphatic carboxylic acids is 1. The van der Waals surface area contributed by atoms with Crippen LogP contribution in [-0.4, -0.2) is 22.9 Å². The maximum atomic E-state index is 10.8. The van der Waals surface area contributed by atoms with Crippen LogP contribution in [0.15, 0.2) is 18.2 Å². The fourth-order valence-electron chi connectivity index (χ4n) is 1.51. The van der Waals surface area contributed by atoms with E-state index >= 15 is 0 Å². The van der Waals surface area contributed by atoms with Gasteiger partial charge in [-0.3, -0.25) is 10.1 Å². The van der Waals surface area contributed by atoms with Gasteiger partial charge < -0.3 is 5.11 Å². The van der Waals surface area contributed by atoms with Gasteiger partial charge in [0.1, 0.15) is 6.04 Å². The number of benzene rings is 1. The average molecular weight is 278 g/mol. The molecule has 16 heavy (non-hydrogen) atoms. The zero-order valence-electron chi connectivity index (χ0n) is 8.11. The molecular formula is C10H9Cl2NO2S. The van der Waals surface area contributed by atoms with Crippen LogP contribution in [0.3, 0.4) is 0 Å². The molecule has 1 aliphatic heterocycles. The van der Waals surface area contributed by atoms with Crippen molar-refractivity contribution in [2.24, 2.45) is 0 Å². The van der Waals surface area contributed by atoms with Crippen molar-refractivity contribution in [3.63, 3.8) is 0 Å². The molecule has 1 saturated heterocycles. The summed E-state index contributed by atoms with van der Waals surface area (Å²) in [6.07, 6.45) is 0. The molecule has 1 fully saturated rings. The minimum atomic E-state index is -0.840. The molecule has 2 atom stereocenters. The summed E-state index contributed by atoms with van der Waals surface area (Å²) in [6, 6.07) is 4.67. The van der Waals surface area contributed by atoms with Gasteiger partial charge in [-0.25, -0.2) is 0 Å². The molecule has 0 aliphatic carbocycles. The first-order valence-corrected chi connectivity index (χ1v) is 6.44. The van der Waals surface area contributed by atoms with Crippen molar-refractivity contribution >= 4 is 40.9 Å². The summed E-state index contributed by atoms with van der Waals surface area (Å²) in [6.45, 7) is 0. The Balaban J connectivity index is 2.20. The van der Waals surface area contributed by atoms with Gasteiger partial charge in [-0.1, -0.05) is 23.2 Å². The van der Waals surface area contributed by atoms with Crippen molar-refractivity contribution in [1.82, 2.24) is 5.32 Å². The molecule has 1 aliphatic rings. The Morgan fingerprint density at radius 2 is 2.25 bits per heavy atom. The lowest BCUT2D eigenvalue weighted by molar-refractivity contribution is -0.138. The summed E-state index contributed by atoms with van der Waals surface area (Å²) in [4.78, 5) is 10.8. The first kappa shape index (κ1) is 12.0. The minimum Gasteiger partial charge on any atom is -0.480 e. The fourth-order valence-corrected chi connectivity index (χ4v) is 3.24. The topological polar surface area (TPSA) is 49.3 Å². The van der Waals surface area contributed by atoms with Crippen LogP contribution in [-0.2, 0) is 4.79 Å². The van der Waals surface area contributed by atoms with E-state index in [9.17, 15) is 4.79 Å². The number of carbonyl (C=O) groups is 1. The van der Waals surface area contributed by atoms with E-state index in [0.29, 0.717) is 15.8 Å². The molecule has 1 aromatic rings. The lowest BCUT2D eigenvalue weighted by Gasteiger charge is -2.13. The molecule has 0 amide bonds. The quantitative estimate of drug-likeness (QED) is 0.873. The number of thioether (sulfide) groups is 1. The van der Waals surface area contributed by atoms with Crippen LogP contribution in [0.25, 0.3) is 0 Å². The highest BCUT2D eigenvalue weighted by Crippen LogP contribution is 2.37. The molecule has 1 heterocycles. The van der Waals surface area contributed by atoms with Gasteiger partial charge in [0, 0.05) is 15.8 Å². The van der Waals surface area contributed by atoms with Crippen LogP contribution in [0.1, 0.15) is 10.9 Å². The molecule has 0 spiro atoms. The van der Waals surface area contributed by atoms with Crippen molar-refractivity contribution < 1.29 is 9.90 Å². The second-order valence-electron chi connectivity index (χ2n) is 3.44. The van der Waals surface area contributed by atoms with Gasteiger partial charge in [-0.15, -0.1) is 11.8 Å². The highest BCUT2D eigenvalue weighted by molar-refractivity contribution is 7.99. The van der Waals surface area contributed by atoms with E-state index in [0.717, 1.165) is 5.56 Å². The van der Waals surface area contributed by atoms with Gasteiger partial charge in [0.15, 0.2) is 0 Å². The van der Waals surface area contributed by atoms with E-state index in [4.69, 9.17) is 28.3 Å². The molecule has 0 saturated carbocycles. The van der Waals surface area contributed by atoms with Crippen molar-refractivity contribution in [2.75, 3.05) is 5.75 Å². The molecule has 1 unspecified atom stereocenters. The predicted molar refractivity (Wildman–Crippen MR) is 66.2 cm³/mol. The number of hydrogen-bond acceptors (Lipinski definition) is 3. The highest BCUT2D eigenvalue weighted by Gasteiger charge is 2.31. The first-order valence-electron chi connectivity index (χ1n) is 4.63. The lowest BCUT2D eigenvalue weighted by Crippen LogP contribution is -2.33. The first-order chi connectivity index (χ1) is 7.58. The SMILES string of the molecule is O=C(O)[C@@H]1CSC(c2cc(Cl)ccc2Cl)N1. The molecule has 0 bridgehead atoms. The number of carboxylic acid groups (broad SMARTS) is 1. The molecule has 1 aromatic carbocycles. The Kier molecular flexibility index (Phi) is 3.64. The molecule has 0 radical (unpaired) electrons. The summed E-state index contributed by atoms with van der Waals surface area (Å²) in [7, 11) is 0. The third kappa shape index (κ3) is 2.46. The maximum Gasteiger partial charge on any atom is 0.321 e. The van der Waals surface area contributed by atoms with Crippen LogP contribution in [0, 0.1) is 0 Å². The third-order valence-corrected chi connectivity index (χ3v) is 4.15. The summed E-state index contributed by atoms with van der Waals surface area (Å²) in [5.74, 6) is -0.309. The molecule has 2 N–H and O–H groups in total. The largest absolute Gasteiger partial charge is 0.480 e. The van der Waals surface area contributed by atoms with Crippen LogP contribution in [0.4, 0.5) is 0 Å². The Hall–Kier alpha value is -0.420. The van der Waals surface area contributed by atoms with Gasteiger partial charge in [-0.2, -0.15) is 0 Å². The van der Waals surface area contributed by atoms with Gasteiger partial charge in [0.2, 0.25) is 0 Å². The van der Waals surface area contributed by atoms with Gasteiger partial charge in [-0.05, 0) is 23.8 Å². The second kappa shape index (κ2) is 4.84. The molecule has 3 nitrogen and oxygen atoms in total. The molecular weight excluding hydrogens is 269 g/mol. The summed E-state index contributed by atoms with van der Waals surface area (Å²) in [5, 5.41) is 13.0. The Labute approximate surface area is 107 Å². The van der Waals surface area contributed by atoms with Crippen LogP contribution in [0.5, 0.6) is 0 Å². The normalized spacial score (nSPS) is 24.6. The number of hydrogen-bond donors (Lipinski definition) is 2. The highest BCUT2D eigenvalue weighted by atomic mass is 35.5. The number of halogens is 2. The van der Waals surface area contributed by atoms with E-state index in [1.165, 1.54) is 11.8 Å². The zero-order valence-corrected chi connectivity index (χ0v) is 10.4. The monoisotopic (exact) mass is 277 g/mol. The molecule has 0 aromatic heterocycles. The van der Waals surface area contributed by atoms with Crippen molar-refractivity contribution in [3.8, 4) is 0 Å². The Morgan fingerprint density at radius 1 is 1.50 bits per heavy atom. The number of rotatable bonds is 2. The van der Waals surface area contributed by atoms with E-state index in [1.807, 2.05) is 0 Å². The predicted octanol–water partition coefficient (Wildman–Crippen LogP) is 2.78. The van der Waals surface area contributed by atoms with E-state index < -0.39 is 12.0 Å². The average Bonchev–Trinajstić information content (AvgIpc) is 2.70. The summed E-state index contributed by atoms with van der Waals surface area (Å²) in [5.41, 5.74) is 0.836. The molecule has 86 valence electrons. The van der Waals surface area contributed by atoms with Crippen LogP contribution in [0.2, 0.25) is 10.0 Å². The van der Waals surface area contributed by atoms with Gasteiger partial charge in [0.25, 0.3) is 0 Å². The maximum absolute atomic E-state index is 10.8. The Morgan fingerprint density at radius 3 is 2.88 bits per heavy atom. The third-order valence-electron chi connectivity index (χ3n) is 2.32. The smallest absolute Gasteiger partial charge is 0.321 e. The van der Waals surface area contributed by atoms with Gasteiger partial charge in [0.05, 0.1) is 5.37 Å². The molecule has 2 rings (SSSR count). The van der Waals surface area contributed by atoms with Gasteiger partial charge >= 0.3 is 5.97 Å². The number of carboxylic acids is 1. The van der Waals surface area contributed by atoms with Crippen LogP contribution < -0.4 is 5.32 Å². The van der Waals surface area contributed by atoms with Crippen LogP contribution >= 0.6 is 35.0 Å². The fraction of sp³-hybridized carbons (Fsp3) is 0.300. The minimum absolute atomic E-state index is 0.104. The second-order valence-corrected chi connectivity index (χ2v) is 5.42. The van der Waals surface area contributed by atoms with E-state index in [1.54, 1.807) is 18.2 Å². The van der Waals surface area contributed by atoms with Crippen molar-refractivity contribution in [3.05, 3.63) is 33.8 Å². The van der Waals surface area contributed by atoms with E-state index in [2.05, 4.69) is 5.32 Å². The standard InChI is InChI=1S/C10H9Cl2NO2S/c11-5-1-2-7(12)6(3-5)9-13-8(4-16-9)10(14)15/h1-3,8-9,13H,4H2,(H,14,15)/t8-,9?/m0/s1. The number of nitrogens with one attached hydrogen (secondary N) is 1. The van der Waals surface area contributed by atoms with Crippen molar-refractivity contribution in [1.29, 1.82) is 0 Å². The van der Waals surface area contributed by atoms with Crippen molar-refractivity contribution in [2.45, 2.75) is 11.4 Å². The van der Waals surface area contributed by atoms with E-state index in [-0.39, 0.29) is 5.37 Å². The lowest BCUT2D eigenvalue weighted by atomic mass is 10.2. The summed E-state index contributed by atoms with van der Waals surface area (Å²) < 4.78 is 0. The zero-order chi connectivity index (χ0) is 11.7.